The third-order valence-corrected chi connectivity index (χ3v) is 2.85. The fourth-order valence-electron chi connectivity index (χ4n) is 1.82. The van der Waals surface area contributed by atoms with Crippen molar-refractivity contribution in [3.8, 4) is 0 Å². The largest absolute Gasteiger partial charge is 0.366 e. The molecule has 0 bridgehead atoms. The molecule has 2 heterocycles. The van der Waals surface area contributed by atoms with Crippen molar-refractivity contribution in [3.63, 3.8) is 0 Å². The highest BCUT2D eigenvalue weighted by molar-refractivity contribution is 5.08. The molecule has 0 spiro atoms. The molecular formula is C11H19N3O. The number of nitrogens with one attached hydrogen (secondary N) is 1. The molecule has 0 radical (unpaired) electrons. The molecule has 15 heavy (non-hydrogen) atoms. The molecule has 2 rings (SSSR count). The van der Waals surface area contributed by atoms with E-state index in [0.29, 0.717) is 6.61 Å². The normalized spacial score (nSPS) is 18.9. The quantitative estimate of drug-likeness (QED) is 0.807. The van der Waals surface area contributed by atoms with E-state index in [9.17, 15) is 0 Å². The van der Waals surface area contributed by atoms with Gasteiger partial charge in [0.2, 0.25) is 0 Å². The highest BCUT2D eigenvalue weighted by Gasteiger charge is 2.32. The molecular weight excluding hydrogens is 190 g/mol. The van der Waals surface area contributed by atoms with E-state index in [1.165, 1.54) is 5.69 Å². The highest BCUT2D eigenvalue weighted by atomic mass is 16.5. The van der Waals surface area contributed by atoms with E-state index in [4.69, 9.17) is 4.74 Å². The molecule has 84 valence electrons. The van der Waals surface area contributed by atoms with Crippen LogP contribution >= 0.6 is 0 Å². The lowest BCUT2D eigenvalue weighted by atomic mass is 10.0. The Morgan fingerprint density at radius 3 is 2.87 bits per heavy atom. The van der Waals surface area contributed by atoms with Crippen LogP contribution in [0.4, 0.5) is 0 Å². The Kier molecular flexibility index (Phi) is 2.80. The van der Waals surface area contributed by atoms with Crippen LogP contribution in [0.2, 0.25) is 0 Å². The van der Waals surface area contributed by atoms with Gasteiger partial charge in [-0.25, -0.2) is 0 Å². The van der Waals surface area contributed by atoms with Crippen LogP contribution in [0.5, 0.6) is 0 Å². The number of hydrogen-bond acceptors (Lipinski definition) is 3. The Morgan fingerprint density at radius 1 is 1.60 bits per heavy atom. The van der Waals surface area contributed by atoms with Crippen LogP contribution < -0.4 is 5.32 Å². The summed E-state index contributed by atoms with van der Waals surface area (Å²) in [5.41, 5.74) is 2.26. The highest BCUT2D eigenvalue weighted by Crippen LogP contribution is 2.18. The number of aromatic nitrogens is 2. The SMILES string of the molecule is CCn1nc(C)cc1COC1(C)CNC1. The van der Waals surface area contributed by atoms with Crippen molar-refractivity contribution in [2.24, 2.45) is 0 Å². The molecule has 1 saturated heterocycles. The first-order valence-corrected chi connectivity index (χ1v) is 5.51. The maximum absolute atomic E-state index is 5.88. The van der Waals surface area contributed by atoms with Gasteiger partial charge in [0.25, 0.3) is 0 Å². The fraction of sp³-hybridized carbons (Fsp3) is 0.727. The van der Waals surface area contributed by atoms with Crippen LogP contribution in [0.3, 0.4) is 0 Å². The van der Waals surface area contributed by atoms with Crippen molar-refractivity contribution in [3.05, 3.63) is 17.5 Å². The molecule has 0 amide bonds. The number of aryl methyl sites for hydroxylation is 2. The molecule has 1 aromatic heterocycles. The van der Waals surface area contributed by atoms with Gasteiger partial charge in [-0.1, -0.05) is 0 Å². The first-order chi connectivity index (χ1) is 7.13. The van der Waals surface area contributed by atoms with Gasteiger partial charge in [0.1, 0.15) is 0 Å². The molecule has 1 fully saturated rings. The van der Waals surface area contributed by atoms with E-state index in [-0.39, 0.29) is 5.60 Å². The number of ether oxygens (including phenoxy) is 1. The number of hydrogen-bond donors (Lipinski definition) is 1. The second-order valence-electron chi connectivity index (χ2n) is 4.43. The van der Waals surface area contributed by atoms with Crippen molar-refractivity contribution in [1.82, 2.24) is 15.1 Å². The summed E-state index contributed by atoms with van der Waals surface area (Å²) in [6.07, 6.45) is 0. The minimum atomic E-state index is 0.0245. The van der Waals surface area contributed by atoms with Crippen LogP contribution in [-0.2, 0) is 17.9 Å². The van der Waals surface area contributed by atoms with Gasteiger partial charge >= 0.3 is 0 Å². The van der Waals surface area contributed by atoms with Gasteiger partial charge in [-0.15, -0.1) is 0 Å². The Morgan fingerprint density at radius 2 is 2.33 bits per heavy atom. The molecule has 0 atom stereocenters. The molecule has 0 unspecified atom stereocenters. The lowest BCUT2D eigenvalue weighted by Gasteiger charge is -2.39. The average molecular weight is 209 g/mol. The molecule has 1 N–H and O–H groups in total. The van der Waals surface area contributed by atoms with Gasteiger partial charge in [-0.05, 0) is 26.8 Å². The van der Waals surface area contributed by atoms with Crippen LogP contribution in [0.15, 0.2) is 6.07 Å². The summed E-state index contributed by atoms with van der Waals surface area (Å²) in [5, 5.41) is 7.62. The molecule has 0 saturated carbocycles. The monoisotopic (exact) mass is 209 g/mol. The van der Waals surface area contributed by atoms with Gasteiger partial charge in [0.15, 0.2) is 0 Å². The molecule has 1 aliphatic rings. The van der Waals surface area contributed by atoms with Gasteiger partial charge in [0.05, 0.1) is 23.6 Å². The summed E-state index contributed by atoms with van der Waals surface area (Å²) in [5.74, 6) is 0. The Labute approximate surface area is 90.6 Å². The Balaban J connectivity index is 1.97. The summed E-state index contributed by atoms with van der Waals surface area (Å²) in [6, 6.07) is 2.10. The second-order valence-corrected chi connectivity index (χ2v) is 4.43. The fourth-order valence-corrected chi connectivity index (χ4v) is 1.82. The van der Waals surface area contributed by atoms with Crippen molar-refractivity contribution >= 4 is 0 Å². The predicted molar refractivity (Wildman–Crippen MR) is 58.7 cm³/mol. The third kappa shape index (κ3) is 2.21. The molecule has 4 nitrogen and oxygen atoms in total. The van der Waals surface area contributed by atoms with Gasteiger partial charge < -0.3 is 10.1 Å². The summed E-state index contributed by atoms with van der Waals surface area (Å²) in [6.45, 7) is 9.72. The topological polar surface area (TPSA) is 39.1 Å². The second kappa shape index (κ2) is 3.94. The van der Waals surface area contributed by atoms with E-state index in [0.717, 1.165) is 25.3 Å². The van der Waals surface area contributed by atoms with E-state index in [1.807, 2.05) is 11.6 Å². The lowest BCUT2D eigenvalue weighted by Crippen LogP contribution is -2.58. The zero-order chi connectivity index (χ0) is 10.9. The third-order valence-electron chi connectivity index (χ3n) is 2.85. The summed E-state index contributed by atoms with van der Waals surface area (Å²) >= 11 is 0. The summed E-state index contributed by atoms with van der Waals surface area (Å²) in [4.78, 5) is 0. The summed E-state index contributed by atoms with van der Waals surface area (Å²) in [7, 11) is 0. The van der Waals surface area contributed by atoms with E-state index in [1.54, 1.807) is 0 Å². The minimum absolute atomic E-state index is 0.0245. The molecule has 1 aliphatic heterocycles. The molecule has 0 aromatic carbocycles. The van der Waals surface area contributed by atoms with Crippen molar-refractivity contribution in [2.75, 3.05) is 13.1 Å². The minimum Gasteiger partial charge on any atom is -0.366 e. The average Bonchev–Trinajstić information content (AvgIpc) is 2.53. The number of nitrogens with zero attached hydrogens (tertiary/aromatic N) is 2. The van der Waals surface area contributed by atoms with Crippen molar-refractivity contribution in [1.29, 1.82) is 0 Å². The van der Waals surface area contributed by atoms with Crippen molar-refractivity contribution in [2.45, 2.75) is 39.5 Å². The van der Waals surface area contributed by atoms with Crippen LogP contribution in [0.25, 0.3) is 0 Å². The maximum atomic E-state index is 5.88. The van der Waals surface area contributed by atoms with Crippen LogP contribution in [0, 0.1) is 6.92 Å². The molecule has 0 aliphatic carbocycles. The van der Waals surface area contributed by atoms with Gasteiger partial charge in [-0.2, -0.15) is 5.10 Å². The number of rotatable bonds is 4. The predicted octanol–water partition coefficient (Wildman–Crippen LogP) is 1.09. The molecule has 4 heteroatoms. The van der Waals surface area contributed by atoms with Gasteiger partial charge in [0, 0.05) is 19.6 Å². The first-order valence-electron chi connectivity index (χ1n) is 5.51. The zero-order valence-electron chi connectivity index (χ0n) is 9.71. The standard InChI is InChI=1S/C11H19N3O/c1-4-14-10(5-9(2)13-14)6-15-11(3)7-12-8-11/h5,12H,4,6-8H2,1-3H3. The molecule has 1 aromatic rings. The maximum Gasteiger partial charge on any atom is 0.0907 e. The van der Waals surface area contributed by atoms with Gasteiger partial charge in [-0.3, -0.25) is 4.68 Å². The Bertz CT molecular complexity index is 342. The smallest absolute Gasteiger partial charge is 0.0907 e. The zero-order valence-corrected chi connectivity index (χ0v) is 9.71. The van der Waals surface area contributed by atoms with Crippen LogP contribution in [0.1, 0.15) is 25.2 Å². The lowest BCUT2D eigenvalue weighted by molar-refractivity contribution is -0.0788. The van der Waals surface area contributed by atoms with Crippen LogP contribution in [-0.4, -0.2) is 28.5 Å². The van der Waals surface area contributed by atoms with E-state index >= 15 is 0 Å². The Hall–Kier alpha value is -0.870. The summed E-state index contributed by atoms with van der Waals surface area (Å²) < 4.78 is 7.89. The first kappa shape index (κ1) is 10.6. The van der Waals surface area contributed by atoms with E-state index in [2.05, 4.69) is 30.3 Å². The van der Waals surface area contributed by atoms with E-state index < -0.39 is 0 Å². The van der Waals surface area contributed by atoms with Crippen molar-refractivity contribution < 1.29 is 4.74 Å².